The van der Waals surface area contributed by atoms with Crippen LogP contribution in [0, 0.1) is 16.0 Å². The summed E-state index contributed by atoms with van der Waals surface area (Å²) in [7, 11) is 0. The molecule has 2 aromatic heterocycles. The van der Waals surface area contributed by atoms with Crippen molar-refractivity contribution in [2.24, 2.45) is 5.92 Å². The van der Waals surface area contributed by atoms with Crippen LogP contribution in [-0.2, 0) is 6.42 Å². The maximum atomic E-state index is 10.5. The Kier molecular flexibility index (Phi) is 4.67. The summed E-state index contributed by atoms with van der Waals surface area (Å²) in [5.74, 6) is 1.33. The highest BCUT2D eigenvalue weighted by Gasteiger charge is 2.11. The van der Waals surface area contributed by atoms with E-state index in [-0.39, 0.29) is 18.2 Å². The molecule has 0 aliphatic carbocycles. The van der Waals surface area contributed by atoms with Gasteiger partial charge >= 0.3 is 0 Å². The molecule has 0 aliphatic rings. The molecule has 0 unspecified atom stereocenters. The maximum absolute atomic E-state index is 10.5. The van der Waals surface area contributed by atoms with Gasteiger partial charge in [0.2, 0.25) is 0 Å². The molecular formula is C13H15N3O4. The maximum Gasteiger partial charge on any atom is 0.287 e. The summed E-state index contributed by atoms with van der Waals surface area (Å²) in [5, 5.41) is 22.9. The number of anilines is 1. The summed E-state index contributed by atoms with van der Waals surface area (Å²) in [5.41, 5.74) is -0.0511. The first-order chi connectivity index (χ1) is 9.69. The van der Waals surface area contributed by atoms with Crippen LogP contribution in [0.1, 0.15) is 5.76 Å². The minimum atomic E-state index is -0.496. The van der Waals surface area contributed by atoms with Gasteiger partial charge in [0.25, 0.3) is 5.69 Å². The van der Waals surface area contributed by atoms with E-state index in [0.29, 0.717) is 18.8 Å². The van der Waals surface area contributed by atoms with Crippen LogP contribution < -0.4 is 5.32 Å². The Balaban J connectivity index is 1.87. The van der Waals surface area contributed by atoms with Crippen molar-refractivity contribution in [2.45, 2.75) is 6.42 Å². The Hall–Kier alpha value is -2.41. The van der Waals surface area contributed by atoms with Gasteiger partial charge in [-0.2, -0.15) is 0 Å². The second kappa shape index (κ2) is 6.67. The molecule has 2 aromatic rings. The van der Waals surface area contributed by atoms with Crippen molar-refractivity contribution in [3.63, 3.8) is 0 Å². The molecule has 0 aliphatic heterocycles. The Morgan fingerprint density at radius 1 is 1.45 bits per heavy atom. The monoisotopic (exact) mass is 277 g/mol. The van der Waals surface area contributed by atoms with E-state index < -0.39 is 4.92 Å². The van der Waals surface area contributed by atoms with Crippen LogP contribution in [0.3, 0.4) is 0 Å². The fourth-order valence-corrected chi connectivity index (χ4v) is 1.76. The van der Waals surface area contributed by atoms with Crippen LogP contribution in [-0.4, -0.2) is 28.2 Å². The molecule has 106 valence electrons. The third-order valence-corrected chi connectivity index (χ3v) is 2.86. The lowest BCUT2D eigenvalue weighted by atomic mass is 10.1. The van der Waals surface area contributed by atoms with Gasteiger partial charge in [-0.1, -0.05) is 0 Å². The van der Waals surface area contributed by atoms with Crippen LogP contribution in [0.15, 0.2) is 41.1 Å². The number of nitrogens with one attached hydrogen (secondary N) is 1. The first-order valence-corrected chi connectivity index (χ1v) is 6.16. The molecule has 0 aromatic carbocycles. The molecule has 0 saturated heterocycles. The van der Waals surface area contributed by atoms with Crippen molar-refractivity contribution in [1.29, 1.82) is 0 Å². The number of rotatable bonds is 7. The zero-order chi connectivity index (χ0) is 14.4. The van der Waals surface area contributed by atoms with E-state index in [0.717, 1.165) is 5.76 Å². The number of nitrogens with zero attached hydrogens (tertiary/aromatic N) is 2. The topological polar surface area (TPSA) is 101 Å². The Morgan fingerprint density at radius 3 is 2.85 bits per heavy atom. The highest BCUT2D eigenvalue weighted by Crippen LogP contribution is 2.13. The molecule has 0 saturated carbocycles. The first kappa shape index (κ1) is 14.0. The summed E-state index contributed by atoms with van der Waals surface area (Å²) < 4.78 is 5.23. The van der Waals surface area contributed by atoms with Gasteiger partial charge in [0.1, 0.15) is 17.8 Å². The lowest BCUT2D eigenvalue weighted by molar-refractivity contribution is -0.385. The van der Waals surface area contributed by atoms with Gasteiger partial charge in [-0.3, -0.25) is 10.1 Å². The Morgan fingerprint density at radius 2 is 2.30 bits per heavy atom. The van der Waals surface area contributed by atoms with Crippen LogP contribution in [0.5, 0.6) is 0 Å². The normalized spacial score (nSPS) is 12.1. The third kappa shape index (κ3) is 3.79. The summed E-state index contributed by atoms with van der Waals surface area (Å²) in [6, 6.07) is 6.58. The molecule has 2 rings (SSSR count). The van der Waals surface area contributed by atoms with Gasteiger partial charge in [-0.05, 0) is 18.2 Å². The second-order valence-corrected chi connectivity index (χ2v) is 4.37. The SMILES string of the molecule is O=[N+]([O-])c1ccc(NC[C@@H](CO)Cc2ccco2)nc1. The summed E-state index contributed by atoms with van der Waals surface area (Å²) >= 11 is 0. The van der Waals surface area contributed by atoms with E-state index in [1.54, 1.807) is 18.4 Å². The predicted octanol–water partition coefficient (Wildman–Crippen LogP) is 1.85. The Labute approximate surface area is 115 Å². The molecule has 0 amide bonds. The van der Waals surface area contributed by atoms with Crippen LogP contribution >= 0.6 is 0 Å². The number of aliphatic hydroxyl groups excluding tert-OH is 1. The molecule has 20 heavy (non-hydrogen) atoms. The van der Waals surface area contributed by atoms with E-state index in [1.165, 1.54) is 12.3 Å². The predicted molar refractivity (Wildman–Crippen MR) is 72.4 cm³/mol. The zero-order valence-corrected chi connectivity index (χ0v) is 10.7. The number of nitro groups is 1. The van der Waals surface area contributed by atoms with Crippen molar-refractivity contribution < 1.29 is 14.4 Å². The standard InChI is InChI=1S/C13H15N3O4/c17-9-10(6-12-2-1-5-20-12)7-14-13-4-3-11(8-15-13)16(18)19/h1-5,8,10,17H,6-7,9H2,(H,14,15)/t10-/m0/s1. The van der Waals surface area contributed by atoms with E-state index in [1.807, 2.05) is 6.07 Å². The van der Waals surface area contributed by atoms with Gasteiger partial charge in [0.15, 0.2) is 0 Å². The highest BCUT2D eigenvalue weighted by atomic mass is 16.6. The van der Waals surface area contributed by atoms with Crippen molar-refractivity contribution in [1.82, 2.24) is 4.98 Å². The lowest BCUT2D eigenvalue weighted by Crippen LogP contribution is -2.20. The van der Waals surface area contributed by atoms with Gasteiger partial charge in [0, 0.05) is 31.6 Å². The molecule has 0 radical (unpaired) electrons. The average molecular weight is 277 g/mol. The number of pyridine rings is 1. The molecule has 0 bridgehead atoms. The van der Waals surface area contributed by atoms with Crippen LogP contribution in [0.4, 0.5) is 11.5 Å². The van der Waals surface area contributed by atoms with E-state index in [4.69, 9.17) is 4.42 Å². The van der Waals surface area contributed by atoms with Gasteiger partial charge in [-0.25, -0.2) is 4.98 Å². The average Bonchev–Trinajstić information content (AvgIpc) is 2.96. The van der Waals surface area contributed by atoms with Crippen molar-refractivity contribution in [3.8, 4) is 0 Å². The molecule has 7 heteroatoms. The molecule has 0 spiro atoms. The van der Waals surface area contributed by atoms with Gasteiger partial charge < -0.3 is 14.8 Å². The quantitative estimate of drug-likeness (QED) is 0.591. The van der Waals surface area contributed by atoms with Crippen LogP contribution in [0.25, 0.3) is 0 Å². The van der Waals surface area contributed by atoms with Gasteiger partial charge in [-0.15, -0.1) is 0 Å². The van der Waals surface area contributed by atoms with Gasteiger partial charge in [0.05, 0.1) is 11.2 Å². The molecular weight excluding hydrogens is 262 g/mol. The molecule has 1 atom stereocenters. The number of furan rings is 1. The summed E-state index contributed by atoms with van der Waals surface area (Å²) in [6.45, 7) is 0.517. The lowest BCUT2D eigenvalue weighted by Gasteiger charge is -2.14. The van der Waals surface area contributed by atoms with Crippen molar-refractivity contribution >= 4 is 11.5 Å². The second-order valence-electron chi connectivity index (χ2n) is 4.37. The zero-order valence-electron chi connectivity index (χ0n) is 10.7. The molecule has 7 nitrogen and oxygen atoms in total. The van der Waals surface area contributed by atoms with E-state index in [2.05, 4.69) is 10.3 Å². The molecule has 2 heterocycles. The van der Waals surface area contributed by atoms with Crippen LogP contribution in [0.2, 0.25) is 0 Å². The number of hydrogen-bond acceptors (Lipinski definition) is 6. The van der Waals surface area contributed by atoms with E-state index in [9.17, 15) is 15.2 Å². The Bertz CT molecular complexity index is 539. The molecule has 2 N–H and O–H groups in total. The first-order valence-electron chi connectivity index (χ1n) is 6.16. The van der Waals surface area contributed by atoms with Crippen molar-refractivity contribution in [2.75, 3.05) is 18.5 Å². The summed E-state index contributed by atoms with van der Waals surface area (Å²) in [6.07, 6.45) is 3.40. The summed E-state index contributed by atoms with van der Waals surface area (Å²) in [4.78, 5) is 14.0. The minimum absolute atomic E-state index is 0.0146. The number of aliphatic hydroxyl groups is 1. The van der Waals surface area contributed by atoms with Crippen molar-refractivity contribution in [3.05, 3.63) is 52.6 Å². The number of hydrogen-bond donors (Lipinski definition) is 2. The third-order valence-electron chi connectivity index (χ3n) is 2.86. The fraction of sp³-hybridized carbons (Fsp3) is 0.308. The fourth-order valence-electron chi connectivity index (χ4n) is 1.76. The number of aromatic nitrogens is 1. The molecule has 0 fully saturated rings. The minimum Gasteiger partial charge on any atom is -0.469 e. The highest BCUT2D eigenvalue weighted by molar-refractivity contribution is 5.40. The smallest absolute Gasteiger partial charge is 0.287 e. The van der Waals surface area contributed by atoms with E-state index >= 15 is 0 Å². The largest absolute Gasteiger partial charge is 0.469 e.